The first kappa shape index (κ1) is 11.4. The van der Waals surface area contributed by atoms with E-state index in [0.29, 0.717) is 0 Å². The third kappa shape index (κ3) is 7.54. The van der Waals surface area contributed by atoms with Crippen molar-refractivity contribution in [1.82, 2.24) is 0 Å². The summed E-state index contributed by atoms with van der Waals surface area (Å²) in [4.78, 5) is 4.32. The Morgan fingerprint density at radius 3 is 2.42 bits per heavy atom. The molecule has 0 aliphatic rings. The number of nitrogens with two attached hydrogens (primary N) is 1. The highest BCUT2D eigenvalue weighted by Gasteiger charge is 2.07. The average molecular weight is 172 g/mol. The molecule has 0 aliphatic carbocycles. The number of aliphatic imine (C=N–C) groups is 1. The zero-order chi connectivity index (χ0) is 9.61. The maximum Gasteiger partial charge on any atom is 0.0944 e. The van der Waals surface area contributed by atoms with Gasteiger partial charge in [-0.2, -0.15) is 0 Å². The first-order valence-electron chi connectivity index (χ1n) is 4.29. The predicted octanol–water partition coefficient (Wildman–Crippen LogP) is 1.57. The molecule has 3 heteroatoms. The highest BCUT2D eigenvalue weighted by Crippen LogP contribution is 2.06. The smallest absolute Gasteiger partial charge is 0.0944 e. The largest absolute Gasteiger partial charge is 0.387 e. The molecule has 0 aromatic heterocycles. The number of methoxy groups -OCH3 is 1. The van der Waals surface area contributed by atoms with Gasteiger partial charge in [0.05, 0.1) is 11.4 Å². The quantitative estimate of drug-likeness (QED) is 0.397. The lowest BCUT2D eigenvalue weighted by Crippen LogP contribution is -2.20. The minimum Gasteiger partial charge on any atom is -0.387 e. The predicted molar refractivity (Wildman–Crippen MR) is 52.5 cm³/mol. The first-order chi connectivity index (χ1) is 5.45. The van der Waals surface area contributed by atoms with Crippen LogP contribution in [0.1, 0.15) is 33.6 Å². The second-order valence-corrected chi connectivity index (χ2v) is 3.87. The summed E-state index contributed by atoms with van der Waals surface area (Å²) in [5.41, 5.74) is 5.64. The highest BCUT2D eigenvalue weighted by atomic mass is 16.5. The van der Waals surface area contributed by atoms with E-state index in [0.717, 1.165) is 25.3 Å². The molecule has 0 atom stereocenters. The fourth-order valence-electron chi connectivity index (χ4n) is 0.884. The van der Waals surface area contributed by atoms with Crippen molar-refractivity contribution in [3.63, 3.8) is 0 Å². The molecule has 0 amide bonds. The molecule has 12 heavy (non-hydrogen) atoms. The molecule has 0 saturated heterocycles. The van der Waals surface area contributed by atoms with Gasteiger partial charge in [-0.3, -0.25) is 4.99 Å². The van der Waals surface area contributed by atoms with Gasteiger partial charge in [0, 0.05) is 20.1 Å². The van der Waals surface area contributed by atoms with Gasteiger partial charge in [-0.1, -0.05) is 0 Å². The lowest BCUT2D eigenvalue weighted by molar-refractivity contribution is 0.196. The molecule has 0 rings (SSSR count). The molecule has 0 bridgehead atoms. The third-order valence-electron chi connectivity index (χ3n) is 1.26. The van der Waals surface area contributed by atoms with E-state index in [1.807, 2.05) is 20.8 Å². The Hall–Kier alpha value is -0.570. The topological polar surface area (TPSA) is 47.6 Å². The SMILES string of the molecule is COCCCC(N)=NC(C)(C)C. The Morgan fingerprint density at radius 1 is 1.42 bits per heavy atom. The van der Waals surface area contributed by atoms with Gasteiger partial charge in [0.25, 0.3) is 0 Å². The molecule has 0 radical (unpaired) electrons. The number of rotatable bonds is 4. The maximum atomic E-state index is 5.70. The summed E-state index contributed by atoms with van der Waals surface area (Å²) in [6.45, 7) is 6.86. The lowest BCUT2D eigenvalue weighted by atomic mass is 10.1. The van der Waals surface area contributed by atoms with Gasteiger partial charge in [0.2, 0.25) is 0 Å². The molecule has 0 spiro atoms. The van der Waals surface area contributed by atoms with Gasteiger partial charge < -0.3 is 10.5 Å². The molecular formula is C9H20N2O. The van der Waals surface area contributed by atoms with Crippen LogP contribution >= 0.6 is 0 Å². The first-order valence-corrected chi connectivity index (χ1v) is 4.29. The van der Waals surface area contributed by atoms with E-state index < -0.39 is 0 Å². The Kier molecular flexibility index (Phi) is 4.90. The van der Waals surface area contributed by atoms with E-state index in [-0.39, 0.29) is 5.54 Å². The molecule has 0 aromatic carbocycles. The van der Waals surface area contributed by atoms with Gasteiger partial charge in [-0.15, -0.1) is 0 Å². The minimum atomic E-state index is -0.0584. The number of hydrogen-bond donors (Lipinski definition) is 1. The van der Waals surface area contributed by atoms with Crippen LogP contribution in [0.2, 0.25) is 0 Å². The summed E-state index contributed by atoms with van der Waals surface area (Å²) in [6.07, 6.45) is 1.77. The van der Waals surface area contributed by atoms with Crippen LogP contribution in [0.3, 0.4) is 0 Å². The van der Waals surface area contributed by atoms with Gasteiger partial charge in [-0.05, 0) is 27.2 Å². The van der Waals surface area contributed by atoms with Crippen LogP contribution in [-0.4, -0.2) is 25.1 Å². The fourth-order valence-corrected chi connectivity index (χ4v) is 0.884. The Labute approximate surface area is 75.0 Å². The van der Waals surface area contributed by atoms with Crippen molar-refractivity contribution in [2.45, 2.75) is 39.2 Å². The molecule has 0 fully saturated rings. The van der Waals surface area contributed by atoms with E-state index in [4.69, 9.17) is 10.5 Å². The van der Waals surface area contributed by atoms with Gasteiger partial charge >= 0.3 is 0 Å². The Bertz CT molecular complexity index is 147. The second-order valence-electron chi connectivity index (χ2n) is 3.87. The number of nitrogens with zero attached hydrogens (tertiary/aromatic N) is 1. The lowest BCUT2D eigenvalue weighted by Gasteiger charge is -2.13. The van der Waals surface area contributed by atoms with E-state index in [1.165, 1.54) is 0 Å². The van der Waals surface area contributed by atoms with E-state index in [1.54, 1.807) is 7.11 Å². The number of amidine groups is 1. The Morgan fingerprint density at radius 2 is 2.00 bits per heavy atom. The standard InChI is InChI=1S/C9H20N2O/c1-9(2,3)11-8(10)6-5-7-12-4/h5-7H2,1-4H3,(H2,10,11). The van der Waals surface area contributed by atoms with Crippen LogP contribution < -0.4 is 5.73 Å². The zero-order valence-electron chi connectivity index (χ0n) is 8.55. The third-order valence-corrected chi connectivity index (χ3v) is 1.26. The van der Waals surface area contributed by atoms with Crippen LogP contribution in [0.5, 0.6) is 0 Å². The summed E-state index contributed by atoms with van der Waals surface area (Å²) < 4.78 is 4.91. The number of hydrogen-bond acceptors (Lipinski definition) is 2. The molecule has 3 nitrogen and oxygen atoms in total. The van der Waals surface area contributed by atoms with Crippen molar-refractivity contribution >= 4 is 5.84 Å². The van der Waals surface area contributed by atoms with Gasteiger partial charge in [0.15, 0.2) is 0 Å². The molecule has 0 saturated carbocycles. The Balaban J connectivity index is 3.71. The van der Waals surface area contributed by atoms with Gasteiger partial charge in [-0.25, -0.2) is 0 Å². The molecule has 0 unspecified atom stereocenters. The summed E-state index contributed by atoms with van der Waals surface area (Å²) >= 11 is 0. The van der Waals surface area contributed by atoms with Crippen molar-refractivity contribution in [3.8, 4) is 0 Å². The number of ether oxygens (including phenoxy) is 1. The normalized spacial score (nSPS) is 13.5. The van der Waals surface area contributed by atoms with Crippen LogP contribution in [-0.2, 0) is 4.74 Å². The molecule has 0 heterocycles. The summed E-state index contributed by atoms with van der Waals surface area (Å²) in [5.74, 6) is 0.722. The van der Waals surface area contributed by atoms with E-state index in [2.05, 4.69) is 4.99 Å². The molecule has 2 N–H and O–H groups in total. The van der Waals surface area contributed by atoms with Crippen LogP contribution in [0, 0.1) is 0 Å². The molecule has 0 aliphatic heterocycles. The van der Waals surface area contributed by atoms with Crippen molar-refractivity contribution in [1.29, 1.82) is 0 Å². The van der Waals surface area contributed by atoms with Crippen molar-refractivity contribution < 1.29 is 4.74 Å². The highest BCUT2D eigenvalue weighted by molar-refractivity contribution is 5.80. The second kappa shape index (κ2) is 5.14. The van der Waals surface area contributed by atoms with Crippen molar-refractivity contribution in [2.75, 3.05) is 13.7 Å². The van der Waals surface area contributed by atoms with Crippen LogP contribution in [0.25, 0.3) is 0 Å². The molecule has 72 valence electrons. The summed E-state index contributed by atoms with van der Waals surface area (Å²) in [6, 6.07) is 0. The average Bonchev–Trinajstić information content (AvgIpc) is 1.84. The summed E-state index contributed by atoms with van der Waals surface area (Å²) in [7, 11) is 1.69. The van der Waals surface area contributed by atoms with Crippen LogP contribution in [0.4, 0.5) is 0 Å². The monoisotopic (exact) mass is 172 g/mol. The maximum absolute atomic E-state index is 5.70. The zero-order valence-corrected chi connectivity index (χ0v) is 8.55. The van der Waals surface area contributed by atoms with E-state index >= 15 is 0 Å². The molecule has 0 aromatic rings. The summed E-state index contributed by atoms with van der Waals surface area (Å²) in [5, 5.41) is 0. The fraction of sp³-hybridized carbons (Fsp3) is 0.889. The van der Waals surface area contributed by atoms with Crippen molar-refractivity contribution in [2.24, 2.45) is 10.7 Å². The minimum absolute atomic E-state index is 0.0584. The van der Waals surface area contributed by atoms with Crippen LogP contribution in [0.15, 0.2) is 4.99 Å². The van der Waals surface area contributed by atoms with E-state index in [9.17, 15) is 0 Å². The van der Waals surface area contributed by atoms with Crippen molar-refractivity contribution in [3.05, 3.63) is 0 Å². The van der Waals surface area contributed by atoms with Gasteiger partial charge in [0.1, 0.15) is 0 Å². The molecular weight excluding hydrogens is 152 g/mol.